The van der Waals surface area contributed by atoms with E-state index in [1.165, 1.54) is 16.3 Å². The quantitative estimate of drug-likeness (QED) is 0.781. The van der Waals surface area contributed by atoms with Crippen molar-refractivity contribution in [1.82, 2.24) is 20.1 Å². The largest absolute Gasteiger partial charge is 0.351 e. The molecule has 1 aromatic heterocycles. The molecule has 1 amide bonds. The van der Waals surface area contributed by atoms with Crippen LogP contribution in [0.5, 0.6) is 0 Å². The first-order valence-corrected chi connectivity index (χ1v) is 6.70. The molecule has 100 valence electrons. The fourth-order valence-electron chi connectivity index (χ4n) is 1.44. The van der Waals surface area contributed by atoms with Crippen LogP contribution in [0.25, 0.3) is 0 Å². The van der Waals surface area contributed by atoms with E-state index < -0.39 is 0 Å². The van der Waals surface area contributed by atoms with Crippen LogP contribution in [0.2, 0.25) is 0 Å². The lowest BCUT2D eigenvalue weighted by Gasteiger charge is -2.04. The highest BCUT2D eigenvalue weighted by atomic mass is 32.2. The van der Waals surface area contributed by atoms with E-state index in [2.05, 4.69) is 15.5 Å². The number of aromatic amines is 1. The van der Waals surface area contributed by atoms with Gasteiger partial charge in [0.2, 0.25) is 5.91 Å². The van der Waals surface area contributed by atoms with Gasteiger partial charge in [-0.05, 0) is 5.56 Å². The van der Waals surface area contributed by atoms with Crippen LogP contribution in [0.3, 0.4) is 0 Å². The summed E-state index contributed by atoms with van der Waals surface area (Å²) in [6, 6.07) is 9.68. The highest BCUT2D eigenvalue weighted by Gasteiger charge is 2.08. The molecular formula is C12H14N4O2S. The summed E-state index contributed by atoms with van der Waals surface area (Å²) < 4.78 is 1.37. The number of nitrogens with one attached hydrogen (secondary N) is 2. The summed E-state index contributed by atoms with van der Waals surface area (Å²) in [5, 5.41) is 9.45. The first kappa shape index (κ1) is 13.4. The second-order valence-corrected chi connectivity index (χ2v) is 4.86. The highest BCUT2D eigenvalue weighted by Crippen LogP contribution is 2.11. The molecule has 0 saturated heterocycles. The molecule has 2 rings (SSSR count). The van der Waals surface area contributed by atoms with Crippen molar-refractivity contribution >= 4 is 17.7 Å². The normalized spacial score (nSPS) is 10.4. The lowest BCUT2D eigenvalue weighted by Crippen LogP contribution is -2.24. The van der Waals surface area contributed by atoms with Gasteiger partial charge in [-0.3, -0.25) is 9.36 Å². The Hall–Kier alpha value is -2.02. The van der Waals surface area contributed by atoms with Gasteiger partial charge in [0.1, 0.15) is 0 Å². The molecule has 2 aromatic rings. The molecule has 0 radical (unpaired) electrons. The number of H-pyrrole nitrogens is 1. The number of amides is 1. The van der Waals surface area contributed by atoms with Gasteiger partial charge in [-0.1, -0.05) is 42.1 Å². The summed E-state index contributed by atoms with van der Waals surface area (Å²) in [6.07, 6.45) is 0. The molecule has 0 aliphatic rings. The van der Waals surface area contributed by atoms with Gasteiger partial charge in [0, 0.05) is 13.6 Å². The molecule has 6 nitrogen and oxygen atoms in total. The first-order chi connectivity index (χ1) is 9.16. The van der Waals surface area contributed by atoms with Crippen LogP contribution in [0.1, 0.15) is 5.56 Å². The van der Waals surface area contributed by atoms with Crippen LogP contribution >= 0.6 is 11.8 Å². The fourth-order valence-corrected chi connectivity index (χ4v) is 2.19. The SMILES string of the molecule is Cn1c(SCC(=O)NCc2ccccc2)n[nH]c1=O. The predicted molar refractivity (Wildman–Crippen MR) is 72.8 cm³/mol. The van der Waals surface area contributed by atoms with Crippen molar-refractivity contribution in [3.8, 4) is 0 Å². The minimum Gasteiger partial charge on any atom is -0.351 e. The third kappa shape index (κ3) is 3.72. The van der Waals surface area contributed by atoms with Crippen LogP contribution < -0.4 is 11.0 Å². The van der Waals surface area contributed by atoms with E-state index in [0.29, 0.717) is 11.7 Å². The maximum Gasteiger partial charge on any atom is 0.343 e. The second-order valence-electron chi connectivity index (χ2n) is 3.92. The molecule has 0 atom stereocenters. The topological polar surface area (TPSA) is 79.8 Å². The summed E-state index contributed by atoms with van der Waals surface area (Å²) in [7, 11) is 1.61. The van der Waals surface area contributed by atoms with E-state index in [9.17, 15) is 9.59 Å². The van der Waals surface area contributed by atoms with Crippen molar-refractivity contribution in [2.75, 3.05) is 5.75 Å². The Bertz CT molecular complexity index is 606. The summed E-state index contributed by atoms with van der Waals surface area (Å²) in [6.45, 7) is 0.500. The number of carbonyl (C=O) groups excluding carboxylic acids is 1. The summed E-state index contributed by atoms with van der Waals surface area (Å²) >= 11 is 1.22. The van der Waals surface area contributed by atoms with Crippen LogP contribution in [0.15, 0.2) is 40.3 Å². The molecule has 19 heavy (non-hydrogen) atoms. The number of rotatable bonds is 5. The zero-order valence-electron chi connectivity index (χ0n) is 10.4. The number of thioether (sulfide) groups is 1. The molecule has 2 N–H and O–H groups in total. The molecule has 0 saturated carbocycles. The van der Waals surface area contributed by atoms with E-state index in [1.807, 2.05) is 30.3 Å². The summed E-state index contributed by atoms with van der Waals surface area (Å²) in [5.41, 5.74) is 0.764. The predicted octanol–water partition coefficient (Wildman–Crippen LogP) is 0.517. The third-order valence-corrected chi connectivity index (χ3v) is 3.53. The standard InChI is InChI=1S/C12H14N4O2S/c1-16-11(18)14-15-12(16)19-8-10(17)13-7-9-5-3-2-4-6-9/h2-6H,7-8H2,1H3,(H,13,17)(H,14,18). The Morgan fingerprint density at radius 1 is 1.42 bits per heavy atom. The zero-order valence-corrected chi connectivity index (χ0v) is 11.2. The van der Waals surface area contributed by atoms with Gasteiger partial charge in [-0.2, -0.15) is 0 Å². The van der Waals surface area contributed by atoms with Crippen molar-refractivity contribution in [2.45, 2.75) is 11.7 Å². The molecular weight excluding hydrogens is 264 g/mol. The first-order valence-electron chi connectivity index (χ1n) is 5.71. The van der Waals surface area contributed by atoms with Crippen LogP contribution in [0.4, 0.5) is 0 Å². The van der Waals surface area contributed by atoms with Crippen molar-refractivity contribution in [3.05, 3.63) is 46.4 Å². The van der Waals surface area contributed by atoms with Gasteiger partial charge in [0.05, 0.1) is 5.75 Å². The average Bonchev–Trinajstić information content (AvgIpc) is 2.75. The van der Waals surface area contributed by atoms with Crippen LogP contribution in [-0.4, -0.2) is 26.4 Å². The van der Waals surface area contributed by atoms with E-state index in [0.717, 1.165) is 5.56 Å². The summed E-state index contributed by atoms with van der Waals surface area (Å²) in [5.74, 6) is 0.134. The number of hydrogen-bond donors (Lipinski definition) is 2. The Morgan fingerprint density at radius 2 is 2.16 bits per heavy atom. The van der Waals surface area contributed by atoms with Crippen molar-refractivity contribution in [3.63, 3.8) is 0 Å². The fraction of sp³-hybridized carbons (Fsp3) is 0.250. The van der Waals surface area contributed by atoms with Gasteiger partial charge >= 0.3 is 5.69 Å². The molecule has 0 aliphatic carbocycles. The van der Waals surface area contributed by atoms with Gasteiger partial charge < -0.3 is 5.32 Å². The van der Waals surface area contributed by atoms with Gasteiger partial charge in [-0.25, -0.2) is 9.89 Å². The lowest BCUT2D eigenvalue weighted by molar-refractivity contribution is -0.118. The maximum absolute atomic E-state index is 11.7. The Kier molecular flexibility index (Phi) is 4.40. The molecule has 0 spiro atoms. The number of hydrogen-bond acceptors (Lipinski definition) is 4. The Morgan fingerprint density at radius 3 is 2.79 bits per heavy atom. The van der Waals surface area contributed by atoms with E-state index in [-0.39, 0.29) is 17.3 Å². The maximum atomic E-state index is 11.7. The minimum atomic E-state index is -0.285. The molecule has 0 aliphatic heterocycles. The smallest absolute Gasteiger partial charge is 0.343 e. The Labute approximate surface area is 114 Å². The molecule has 0 unspecified atom stereocenters. The van der Waals surface area contributed by atoms with Crippen molar-refractivity contribution < 1.29 is 4.79 Å². The number of carbonyl (C=O) groups is 1. The Balaban J connectivity index is 1.79. The van der Waals surface area contributed by atoms with E-state index in [1.54, 1.807) is 7.05 Å². The molecule has 1 heterocycles. The monoisotopic (exact) mass is 278 g/mol. The molecule has 1 aromatic carbocycles. The zero-order chi connectivity index (χ0) is 13.7. The minimum absolute atomic E-state index is 0.0932. The average molecular weight is 278 g/mol. The van der Waals surface area contributed by atoms with Crippen molar-refractivity contribution in [2.24, 2.45) is 7.05 Å². The molecule has 0 bridgehead atoms. The van der Waals surface area contributed by atoms with Crippen LogP contribution in [0, 0.1) is 0 Å². The third-order valence-electron chi connectivity index (χ3n) is 2.50. The van der Waals surface area contributed by atoms with E-state index in [4.69, 9.17) is 0 Å². The van der Waals surface area contributed by atoms with Crippen molar-refractivity contribution in [1.29, 1.82) is 0 Å². The highest BCUT2D eigenvalue weighted by molar-refractivity contribution is 7.99. The van der Waals surface area contributed by atoms with Crippen LogP contribution in [-0.2, 0) is 18.4 Å². The number of nitrogens with zero attached hydrogens (tertiary/aromatic N) is 2. The number of benzene rings is 1. The second kappa shape index (κ2) is 6.24. The van der Waals surface area contributed by atoms with Gasteiger partial charge in [0.15, 0.2) is 5.16 Å². The van der Waals surface area contributed by atoms with E-state index >= 15 is 0 Å². The number of aromatic nitrogens is 3. The molecule has 7 heteroatoms. The van der Waals surface area contributed by atoms with Gasteiger partial charge in [0.25, 0.3) is 0 Å². The van der Waals surface area contributed by atoms with Gasteiger partial charge in [-0.15, -0.1) is 5.10 Å². The molecule has 0 fully saturated rings. The lowest BCUT2D eigenvalue weighted by atomic mass is 10.2. The summed E-state index contributed by atoms with van der Waals surface area (Å²) in [4.78, 5) is 22.8.